The van der Waals surface area contributed by atoms with E-state index in [1.165, 1.54) is 50.1 Å². The molecule has 0 N–H and O–H groups in total. The first-order chi connectivity index (χ1) is 17.7. The highest BCUT2D eigenvalue weighted by molar-refractivity contribution is 5.70. The molecule has 0 heteroatoms. The molecule has 0 nitrogen and oxygen atoms in total. The first kappa shape index (κ1) is 29.4. The largest absolute Gasteiger partial charge is 0.0620 e. The van der Waals surface area contributed by atoms with Crippen LogP contribution in [0.1, 0.15) is 80.5 Å². The Kier molecular flexibility index (Phi) is 8.77. The van der Waals surface area contributed by atoms with Gasteiger partial charge in [0.2, 0.25) is 0 Å². The number of fused-ring (bicyclic) bond motifs is 1. The summed E-state index contributed by atoms with van der Waals surface area (Å²) in [5.41, 5.74) is 13.0. The molecule has 0 fully saturated rings. The molecule has 0 saturated heterocycles. The van der Waals surface area contributed by atoms with Crippen molar-refractivity contribution >= 4 is 0 Å². The normalized spacial score (nSPS) is 15.9. The zero-order valence-corrected chi connectivity index (χ0v) is 25.7. The van der Waals surface area contributed by atoms with Gasteiger partial charge in [0.05, 0.1) is 0 Å². The van der Waals surface area contributed by atoms with Crippen molar-refractivity contribution < 1.29 is 0 Å². The number of hydrogen-bond acceptors (Lipinski definition) is 0. The SMILES string of the molecule is Cc1ccc(C)cc1.Cc1ccc(C)cc1.Cc1ccccc1-c1ccc2c(c1)C(C)(C)C(C)(C)C2(C)C. The number of hydrogen-bond donors (Lipinski definition) is 0. The van der Waals surface area contributed by atoms with Crippen molar-refractivity contribution in [3.8, 4) is 11.1 Å². The highest BCUT2D eigenvalue weighted by Gasteiger charge is 2.56. The van der Waals surface area contributed by atoms with Gasteiger partial charge in [-0.3, -0.25) is 0 Å². The van der Waals surface area contributed by atoms with Crippen molar-refractivity contribution in [1.29, 1.82) is 0 Å². The van der Waals surface area contributed by atoms with E-state index in [0.717, 1.165) is 0 Å². The van der Waals surface area contributed by atoms with Gasteiger partial charge in [-0.25, -0.2) is 0 Å². The molecule has 0 unspecified atom stereocenters. The fourth-order valence-corrected chi connectivity index (χ4v) is 5.40. The third-order valence-corrected chi connectivity index (χ3v) is 9.38. The molecule has 0 saturated carbocycles. The minimum atomic E-state index is 0.171. The van der Waals surface area contributed by atoms with Crippen LogP contribution in [0.15, 0.2) is 91.0 Å². The van der Waals surface area contributed by atoms with E-state index in [1.807, 2.05) is 0 Å². The van der Waals surface area contributed by atoms with Gasteiger partial charge in [0, 0.05) is 0 Å². The van der Waals surface area contributed by atoms with Crippen molar-refractivity contribution in [1.82, 2.24) is 0 Å². The van der Waals surface area contributed by atoms with Gasteiger partial charge in [-0.2, -0.15) is 0 Å². The summed E-state index contributed by atoms with van der Waals surface area (Å²) in [6.45, 7) is 25.0. The standard InChI is InChI=1S/C22H28.2C8H10/c1-15-10-8-9-11-17(15)16-12-13-18-19(14-16)21(4,5)22(6,7)20(18,2)3;2*1-7-3-5-8(2)6-4-7/h8-14H,1-7H3;2*3-6H,1-2H3. The van der Waals surface area contributed by atoms with Crippen LogP contribution < -0.4 is 0 Å². The minimum absolute atomic E-state index is 0.171. The molecule has 0 spiro atoms. The fourth-order valence-electron chi connectivity index (χ4n) is 5.40. The van der Waals surface area contributed by atoms with Crippen LogP contribution >= 0.6 is 0 Å². The number of aryl methyl sites for hydroxylation is 5. The zero-order chi connectivity index (χ0) is 28.3. The summed E-state index contributed by atoms with van der Waals surface area (Å²) in [7, 11) is 0. The second-order valence-electron chi connectivity index (χ2n) is 12.8. The second-order valence-corrected chi connectivity index (χ2v) is 12.8. The fraction of sp³-hybridized carbons (Fsp3) is 0.368. The molecule has 1 aliphatic rings. The lowest BCUT2D eigenvalue weighted by Gasteiger charge is -2.44. The van der Waals surface area contributed by atoms with Gasteiger partial charge in [0.15, 0.2) is 0 Å². The van der Waals surface area contributed by atoms with E-state index in [4.69, 9.17) is 0 Å². The first-order valence-corrected chi connectivity index (χ1v) is 14.0. The van der Waals surface area contributed by atoms with Crippen LogP contribution in [-0.2, 0) is 10.8 Å². The van der Waals surface area contributed by atoms with Gasteiger partial charge >= 0.3 is 0 Å². The average Bonchev–Trinajstić information content (AvgIpc) is 2.98. The third-order valence-electron chi connectivity index (χ3n) is 9.38. The lowest BCUT2D eigenvalue weighted by Crippen LogP contribution is -2.42. The van der Waals surface area contributed by atoms with Gasteiger partial charge in [-0.05, 0) is 78.7 Å². The lowest BCUT2D eigenvalue weighted by molar-refractivity contribution is 0.125. The molecule has 0 radical (unpaired) electrons. The molecule has 1 aliphatic carbocycles. The van der Waals surface area contributed by atoms with Gasteiger partial charge in [0.25, 0.3) is 0 Å². The summed E-state index contributed by atoms with van der Waals surface area (Å²) in [6.07, 6.45) is 0. The van der Waals surface area contributed by atoms with E-state index in [9.17, 15) is 0 Å². The molecule has 0 aliphatic heterocycles. The Morgan fingerprint density at radius 2 is 0.816 bits per heavy atom. The summed E-state index contributed by atoms with van der Waals surface area (Å²) in [4.78, 5) is 0. The zero-order valence-electron chi connectivity index (χ0n) is 25.7. The number of benzene rings is 4. The minimum Gasteiger partial charge on any atom is -0.0620 e. The van der Waals surface area contributed by atoms with E-state index in [-0.39, 0.29) is 16.2 Å². The van der Waals surface area contributed by atoms with Gasteiger partial charge in [-0.15, -0.1) is 0 Å². The summed E-state index contributed by atoms with van der Waals surface area (Å²) in [5.74, 6) is 0. The molecular formula is C38H48. The Hall–Kier alpha value is -3.12. The van der Waals surface area contributed by atoms with E-state index >= 15 is 0 Å². The van der Waals surface area contributed by atoms with E-state index in [1.54, 1.807) is 0 Å². The maximum absolute atomic E-state index is 2.44. The van der Waals surface area contributed by atoms with Crippen LogP contribution in [0, 0.1) is 40.0 Å². The predicted molar refractivity (Wildman–Crippen MR) is 168 cm³/mol. The molecule has 0 atom stereocenters. The number of rotatable bonds is 1. The van der Waals surface area contributed by atoms with Crippen LogP contribution in [0.3, 0.4) is 0 Å². The predicted octanol–water partition coefficient (Wildman–Crippen LogP) is 10.9. The molecule has 0 aromatic heterocycles. The molecule has 5 rings (SSSR count). The molecule has 0 heterocycles. The summed E-state index contributed by atoms with van der Waals surface area (Å²) < 4.78 is 0. The Morgan fingerprint density at radius 3 is 1.24 bits per heavy atom. The average molecular weight is 505 g/mol. The van der Waals surface area contributed by atoms with Gasteiger partial charge < -0.3 is 0 Å². The molecular weight excluding hydrogens is 456 g/mol. The third kappa shape index (κ3) is 5.96. The monoisotopic (exact) mass is 504 g/mol. The Morgan fingerprint density at radius 1 is 0.421 bits per heavy atom. The van der Waals surface area contributed by atoms with Crippen molar-refractivity contribution in [2.45, 2.75) is 87.0 Å². The van der Waals surface area contributed by atoms with E-state index < -0.39 is 0 Å². The molecule has 0 bridgehead atoms. The molecule has 38 heavy (non-hydrogen) atoms. The lowest BCUT2D eigenvalue weighted by atomic mass is 9.59. The van der Waals surface area contributed by atoms with Crippen molar-refractivity contribution in [2.24, 2.45) is 5.41 Å². The molecule has 4 aromatic carbocycles. The van der Waals surface area contributed by atoms with Crippen molar-refractivity contribution in [3.63, 3.8) is 0 Å². The maximum Gasteiger partial charge on any atom is -0.00410 e. The topological polar surface area (TPSA) is 0 Å². The van der Waals surface area contributed by atoms with Crippen molar-refractivity contribution in [3.05, 3.63) is 130 Å². The van der Waals surface area contributed by atoms with Gasteiger partial charge in [-0.1, -0.05) is 155 Å². The highest BCUT2D eigenvalue weighted by atomic mass is 14.6. The smallest absolute Gasteiger partial charge is 0.00410 e. The second kappa shape index (κ2) is 11.3. The van der Waals surface area contributed by atoms with E-state index in [0.29, 0.717) is 0 Å². The summed E-state index contributed by atoms with van der Waals surface area (Å²) >= 11 is 0. The quantitative estimate of drug-likeness (QED) is 0.242. The maximum atomic E-state index is 2.44. The van der Waals surface area contributed by atoms with E-state index in [2.05, 4.69) is 167 Å². The van der Waals surface area contributed by atoms with Crippen LogP contribution in [0.2, 0.25) is 0 Å². The van der Waals surface area contributed by atoms with Crippen LogP contribution in [0.5, 0.6) is 0 Å². The molecule has 0 amide bonds. The van der Waals surface area contributed by atoms with Crippen LogP contribution in [0.4, 0.5) is 0 Å². The summed E-state index contributed by atoms with van der Waals surface area (Å²) in [5, 5.41) is 0. The van der Waals surface area contributed by atoms with Crippen molar-refractivity contribution in [2.75, 3.05) is 0 Å². The first-order valence-electron chi connectivity index (χ1n) is 14.0. The Bertz CT molecular complexity index is 1260. The molecule has 4 aromatic rings. The molecule has 200 valence electrons. The summed E-state index contributed by atoms with van der Waals surface area (Å²) in [6, 6.07) is 32.8. The Labute approximate surface area is 233 Å². The van der Waals surface area contributed by atoms with Crippen LogP contribution in [-0.4, -0.2) is 0 Å². The highest BCUT2D eigenvalue weighted by Crippen LogP contribution is 2.61. The van der Waals surface area contributed by atoms with Crippen LogP contribution in [0.25, 0.3) is 11.1 Å². The van der Waals surface area contributed by atoms with Gasteiger partial charge in [0.1, 0.15) is 0 Å². The Balaban J connectivity index is 0.000000203.